The van der Waals surface area contributed by atoms with E-state index in [-0.39, 0.29) is 11.8 Å². The van der Waals surface area contributed by atoms with E-state index in [0.29, 0.717) is 13.2 Å². The van der Waals surface area contributed by atoms with Gasteiger partial charge in [0.2, 0.25) is 5.91 Å². The van der Waals surface area contributed by atoms with Crippen molar-refractivity contribution in [1.29, 1.82) is 0 Å². The highest BCUT2D eigenvalue weighted by atomic mass is 16.5. The van der Waals surface area contributed by atoms with Crippen LogP contribution in [0.2, 0.25) is 0 Å². The number of nitrogens with one attached hydrogen (secondary N) is 1. The molecule has 1 saturated heterocycles. The topological polar surface area (TPSA) is 50.8 Å². The molecule has 0 atom stereocenters. The van der Waals surface area contributed by atoms with Crippen molar-refractivity contribution in [3.63, 3.8) is 0 Å². The van der Waals surface area contributed by atoms with Crippen LogP contribution >= 0.6 is 0 Å². The first-order chi connectivity index (χ1) is 16.5. The Bertz CT molecular complexity index is 1050. The van der Waals surface area contributed by atoms with Crippen LogP contribution in [0.1, 0.15) is 55.9 Å². The molecule has 5 heteroatoms. The van der Waals surface area contributed by atoms with Crippen molar-refractivity contribution in [3.8, 4) is 11.5 Å². The second-order valence-electron chi connectivity index (χ2n) is 9.52. The second kappa shape index (κ2) is 11.1. The number of amides is 1. The van der Waals surface area contributed by atoms with Crippen molar-refractivity contribution in [2.75, 3.05) is 33.3 Å². The lowest BCUT2D eigenvalue weighted by molar-refractivity contribution is -0.129. The van der Waals surface area contributed by atoms with E-state index in [9.17, 15) is 4.79 Å². The maximum Gasteiger partial charge on any atom is 0.225 e. The Balaban J connectivity index is 1.37. The molecule has 1 N–H and O–H groups in total. The minimum absolute atomic E-state index is 0.151. The summed E-state index contributed by atoms with van der Waals surface area (Å²) in [6, 6.07) is 12.9. The number of ether oxygens (including phenoxy) is 2. The third-order valence-corrected chi connectivity index (χ3v) is 7.09. The molecular formula is C29H38N2O3. The van der Waals surface area contributed by atoms with Crippen molar-refractivity contribution in [2.45, 2.75) is 53.1 Å². The fraction of sp³-hybridized carbons (Fsp3) is 0.483. The van der Waals surface area contributed by atoms with Crippen LogP contribution in [-0.2, 0) is 24.2 Å². The minimum Gasteiger partial charge on any atom is -0.496 e. The van der Waals surface area contributed by atoms with E-state index in [1.807, 2.05) is 6.92 Å². The van der Waals surface area contributed by atoms with Gasteiger partial charge in [-0.15, -0.1) is 0 Å². The van der Waals surface area contributed by atoms with Crippen LogP contribution in [-0.4, -0.2) is 44.1 Å². The van der Waals surface area contributed by atoms with Crippen LogP contribution in [0.3, 0.4) is 0 Å². The summed E-state index contributed by atoms with van der Waals surface area (Å²) >= 11 is 0. The molecular weight excluding hydrogens is 424 g/mol. The van der Waals surface area contributed by atoms with Crippen molar-refractivity contribution >= 4 is 11.5 Å². The Morgan fingerprint density at radius 3 is 2.68 bits per heavy atom. The average Bonchev–Trinajstić information content (AvgIpc) is 2.81. The van der Waals surface area contributed by atoms with Gasteiger partial charge in [0.1, 0.15) is 18.1 Å². The predicted octanol–water partition coefficient (Wildman–Crippen LogP) is 5.01. The highest BCUT2D eigenvalue weighted by Gasteiger charge is 2.33. The van der Waals surface area contributed by atoms with E-state index < -0.39 is 0 Å². The van der Waals surface area contributed by atoms with Crippen LogP contribution in [0.15, 0.2) is 42.0 Å². The van der Waals surface area contributed by atoms with Crippen LogP contribution in [0.25, 0.3) is 5.57 Å². The zero-order chi connectivity index (χ0) is 24.1. The van der Waals surface area contributed by atoms with Gasteiger partial charge in [-0.3, -0.25) is 9.69 Å². The van der Waals surface area contributed by atoms with Gasteiger partial charge in [-0.1, -0.05) is 37.1 Å². The molecule has 0 bridgehead atoms. The summed E-state index contributed by atoms with van der Waals surface area (Å²) in [4.78, 5) is 14.4. The standard InChI is InChI=1S/C29H38N2O3/c1-5-7-21-8-9-24(28(14-21)33-4)19-34-26-12-13-27-20(3)23(11-10-22(27)15-26)16-31-17-25(18-31)29(32)30-6-2/h8-9,12-15,25H,5-7,10-11,16-19H2,1-4H3,(H,30,32). The number of aryl methyl sites for hydroxylation is 2. The first kappa shape index (κ1) is 24.3. The van der Waals surface area contributed by atoms with Gasteiger partial charge < -0.3 is 14.8 Å². The Hall–Kier alpha value is -2.79. The molecule has 0 radical (unpaired) electrons. The molecule has 2 aliphatic rings. The van der Waals surface area contributed by atoms with Crippen molar-refractivity contribution in [1.82, 2.24) is 10.2 Å². The number of fused-ring (bicyclic) bond motifs is 1. The molecule has 1 fully saturated rings. The van der Waals surface area contributed by atoms with Crippen molar-refractivity contribution in [3.05, 3.63) is 64.2 Å². The molecule has 1 aliphatic heterocycles. The van der Waals surface area contributed by atoms with Gasteiger partial charge in [0, 0.05) is 31.7 Å². The number of hydrogen-bond donors (Lipinski definition) is 1. The summed E-state index contributed by atoms with van der Waals surface area (Å²) in [5, 5.41) is 2.94. The summed E-state index contributed by atoms with van der Waals surface area (Å²) in [6.07, 6.45) is 4.28. The predicted molar refractivity (Wildman–Crippen MR) is 137 cm³/mol. The number of methoxy groups -OCH3 is 1. The molecule has 1 amide bonds. The van der Waals surface area contributed by atoms with Crippen LogP contribution in [0, 0.1) is 5.92 Å². The molecule has 0 aromatic heterocycles. The van der Waals surface area contributed by atoms with E-state index in [2.05, 4.69) is 60.5 Å². The van der Waals surface area contributed by atoms with Gasteiger partial charge in [0.15, 0.2) is 0 Å². The highest BCUT2D eigenvalue weighted by Crippen LogP contribution is 2.35. The summed E-state index contributed by atoms with van der Waals surface area (Å²) in [6.45, 7) is 10.3. The number of carbonyl (C=O) groups excluding carboxylic acids is 1. The SMILES string of the molecule is CCCc1ccc(COc2ccc3c(c2)CCC(CN2CC(C(=O)NCC)C2)=C3C)c(OC)c1. The fourth-order valence-electron chi connectivity index (χ4n) is 5.06. The average molecular weight is 463 g/mol. The first-order valence-electron chi connectivity index (χ1n) is 12.6. The molecule has 34 heavy (non-hydrogen) atoms. The van der Waals surface area contributed by atoms with E-state index in [0.717, 1.165) is 62.4 Å². The lowest BCUT2D eigenvalue weighted by Crippen LogP contribution is -2.54. The first-order valence-corrected chi connectivity index (χ1v) is 12.6. The smallest absolute Gasteiger partial charge is 0.225 e. The maximum atomic E-state index is 12.0. The van der Waals surface area contributed by atoms with Crippen LogP contribution < -0.4 is 14.8 Å². The molecule has 1 aliphatic carbocycles. The Kier molecular flexibility index (Phi) is 7.94. The molecule has 2 aromatic carbocycles. The third-order valence-electron chi connectivity index (χ3n) is 7.09. The molecule has 4 rings (SSSR count). The molecule has 5 nitrogen and oxygen atoms in total. The van der Waals surface area contributed by atoms with Gasteiger partial charge in [-0.05, 0) is 73.6 Å². The number of hydrogen-bond acceptors (Lipinski definition) is 4. The van der Waals surface area contributed by atoms with Gasteiger partial charge in [-0.2, -0.15) is 0 Å². The molecule has 1 heterocycles. The van der Waals surface area contributed by atoms with Gasteiger partial charge >= 0.3 is 0 Å². The van der Waals surface area contributed by atoms with E-state index >= 15 is 0 Å². The van der Waals surface area contributed by atoms with Crippen molar-refractivity contribution in [2.24, 2.45) is 5.92 Å². The number of likely N-dealkylation sites (tertiary alicyclic amines) is 1. The molecule has 182 valence electrons. The normalized spacial score (nSPS) is 16.1. The molecule has 0 unspecified atom stereocenters. The van der Waals surface area contributed by atoms with E-state index in [1.54, 1.807) is 7.11 Å². The third kappa shape index (κ3) is 5.47. The quantitative estimate of drug-likeness (QED) is 0.539. The monoisotopic (exact) mass is 462 g/mol. The second-order valence-corrected chi connectivity index (χ2v) is 9.52. The van der Waals surface area contributed by atoms with Crippen molar-refractivity contribution < 1.29 is 14.3 Å². The Morgan fingerprint density at radius 1 is 1.12 bits per heavy atom. The maximum absolute atomic E-state index is 12.0. The van der Waals surface area contributed by atoms with E-state index in [4.69, 9.17) is 9.47 Å². The summed E-state index contributed by atoms with van der Waals surface area (Å²) in [7, 11) is 1.72. The number of rotatable bonds is 10. The molecule has 2 aromatic rings. The molecule has 0 spiro atoms. The van der Waals surface area contributed by atoms with Crippen LogP contribution in [0.4, 0.5) is 0 Å². The van der Waals surface area contributed by atoms with Gasteiger partial charge in [-0.25, -0.2) is 0 Å². The lowest BCUT2D eigenvalue weighted by atomic mass is 9.85. The zero-order valence-corrected chi connectivity index (χ0v) is 21.1. The number of allylic oxidation sites excluding steroid dienone is 1. The fourth-order valence-corrected chi connectivity index (χ4v) is 5.06. The van der Waals surface area contributed by atoms with Gasteiger partial charge in [0.05, 0.1) is 13.0 Å². The Labute approximate surface area is 204 Å². The summed E-state index contributed by atoms with van der Waals surface area (Å²) < 4.78 is 11.8. The minimum atomic E-state index is 0.151. The van der Waals surface area contributed by atoms with E-state index in [1.165, 1.54) is 27.8 Å². The largest absolute Gasteiger partial charge is 0.496 e. The van der Waals surface area contributed by atoms with Crippen LogP contribution in [0.5, 0.6) is 11.5 Å². The highest BCUT2D eigenvalue weighted by molar-refractivity contribution is 5.80. The summed E-state index contributed by atoms with van der Waals surface area (Å²) in [5.74, 6) is 2.15. The summed E-state index contributed by atoms with van der Waals surface area (Å²) in [5.41, 5.74) is 7.92. The number of nitrogens with zero attached hydrogens (tertiary/aromatic N) is 1. The lowest BCUT2D eigenvalue weighted by Gasteiger charge is -2.39. The Morgan fingerprint density at radius 2 is 1.94 bits per heavy atom. The number of benzene rings is 2. The zero-order valence-electron chi connectivity index (χ0n) is 21.1. The number of carbonyl (C=O) groups is 1. The molecule has 0 saturated carbocycles. The van der Waals surface area contributed by atoms with Gasteiger partial charge in [0.25, 0.3) is 0 Å².